The van der Waals surface area contributed by atoms with Crippen molar-refractivity contribution in [2.75, 3.05) is 4.90 Å². The fraction of sp³-hybridized carbons (Fsp3) is 0.421. The number of carbonyl (C=O) groups excluding carboxylic acids is 1. The highest BCUT2D eigenvalue weighted by atomic mass is 16.5. The quantitative estimate of drug-likeness (QED) is 0.869. The van der Waals surface area contributed by atoms with Crippen LogP contribution in [0, 0.1) is 11.8 Å². The first-order chi connectivity index (χ1) is 11.7. The number of ether oxygens (including phenoxy) is 1. The number of rotatable bonds is 3. The SMILES string of the molecule is CC(=O)N1c2ccccc2[C@H](Oc2ncccn2)[C@@H](C)[C@@H]1C1CC1. The summed E-state index contributed by atoms with van der Waals surface area (Å²) in [5.74, 6) is 0.834. The molecule has 1 aliphatic carbocycles. The summed E-state index contributed by atoms with van der Waals surface area (Å²) in [6.45, 7) is 3.82. The van der Waals surface area contributed by atoms with E-state index >= 15 is 0 Å². The molecule has 1 aromatic heterocycles. The molecule has 0 saturated heterocycles. The predicted octanol–water partition coefficient (Wildman–Crippen LogP) is 3.38. The average Bonchev–Trinajstić information content (AvgIpc) is 3.42. The summed E-state index contributed by atoms with van der Waals surface area (Å²) in [6, 6.07) is 10.4. The third-order valence-electron chi connectivity index (χ3n) is 5.04. The zero-order valence-corrected chi connectivity index (χ0v) is 13.9. The minimum Gasteiger partial charge on any atom is -0.455 e. The van der Waals surface area contributed by atoms with Gasteiger partial charge in [-0.05, 0) is 30.9 Å². The molecule has 1 fully saturated rings. The maximum absolute atomic E-state index is 12.4. The van der Waals surface area contributed by atoms with Gasteiger partial charge in [0.15, 0.2) is 0 Å². The topological polar surface area (TPSA) is 55.3 Å². The van der Waals surface area contributed by atoms with E-state index in [0.717, 1.165) is 11.3 Å². The maximum Gasteiger partial charge on any atom is 0.316 e. The van der Waals surface area contributed by atoms with Gasteiger partial charge in [0.1, 0.15) is 6.10 Å². The van der Waals surface area contributed by atoms with E-state index in [1.165, 1.54) is 12.8 Å². The van der Waals surface area contributed by atoms with Crippen LogP contribution in [0.25, 0.3) is 0 Å². The van der Waals surface area contributed by atoms with Crippen LogP contribution in [-0.2, 0) is 4.79 Å². The molecule has 1 aromatic carbocycles. The molecule has 124 valence electrons. The van der Waals surface area contributed by atoms with E-state index in [1.807, 2.05) is 29.2 Å². The Labute approximate surface area is 141 Å². The second kappa shape index (κ2) is 5.89. The Bertz CT molecular complexity index is 745. The van der Waals surface area contributed by atoms with Crippen LogP contribution in [0.2, 0.25) is 0 Å². The Morgan fingerprint density at radius 2 is 1.88 bits per heavy atom. The number of aromatic nitrogens is 2. The van der Waals surface area contributed by atoms with Gasteiger partial charge < -0.3 is 9.64 Å². The number of anilines is 1. The molecular weight excluding hydrogens is 302 g/mol. The third-order valence-corrected chi connectivity index (χ3v) is 5.04. The van der Waals surface area contributed by atoms with Gasteiger partial charge in [-0.2, -0.15) is 0 Å². The van der Waals surface area contributed by atoms with Gasteiger partial charge in [-0.25, -0.2) is 9.97 Å². The summed E-state index contributed by atoms with van der Waals surface area (Å²) in [4.78, 5) is 22.8. The molecular formula is C19H21N3O2. The fourth-order valence-electron chi connectivity index (χ4n) is 3.89. The molecule has 1 saturated carbocycles. The Hall–Kier alpha value is -2.43. The fourth-order valence-corrected chi connectivity index (χ4v) is 3.89. The van der Waals surface area contributed by atoms with Crippen molar-refractivity contribution in [2.24, 2.45) is 11.8 Å². The predicted molar refractivity (Wildman–Crippen MR) is 90.7 cm³/mol. The van der Waals surface area contributed by atoms with E-state index in [0.29, 0.717) is 11.9 Å². The number of hydrogen-bond acceptors (Lipinski definition) is 4. The number of hydrogen-bond donors (Lipinski definition) is 0. The highest BCUT2D eigenvalue weighted by molar-refractivity contribution is 5.94. The number of amides is 1. The Morgan fingerprint density at radius 3 is 2.54 bits per heavy atom. The van der Waals surface area contributed by atoms with Crippen molar-refractivity contribution in [2.45, 2.75) is 38.8 Å². The summed E-state index contributed by atoms with van der Waals surface area (Å²) in [7, 11) is 0. The van der Waals surface area contributed by atoms with Gasteiger partial charge in [-0.1, -0.05) is 25.1 Å². The average molecular weight is 323 g/mol. The lowest BCUT2D eigenvalue weighted by molar-refractivity contribution is -0.117. The first-order valence-corrected chi connectivity index (χ1v) is 8.49. The van der Waals surface area contributed by atoms with Crippen LogP contribution < -0.4 is 9.64 Å². The van der Waals surface area contributed by atoms with Crippen molar-refractivity contribution in [1.29, 1.82) is 0 Å². The van der Waals surface area contributed by atoms with Gasteiger partial charge in [0.25, 0.3) is 0 Å². The summed E-state index contributed by atoms with van der Waals surface area (Å²) in [5.41, 5.74) is 1.99. The van der Waals surface area contributed by atoms with E-state index in [1.54, 1.807) is 25.4 Å². The molecule has 2 aliphatic rings. The minimum absolute atomic E-state index is 0.0978. The molecule has 1 aliphatic heterocycles. The molecule has 2 heterocycles. The summed E-state index contributed by atoms with van der Waals surface area (Å²) in [5, 5.41) is 0. The highest BCUT2D eigenvalue weighted by Gasteiger charge is 2.48. The first-order valence-electron chi connectivity index (χ1n) is 8.49. The second-order valence-corrected chi connectivity index (χ2v) is 6.70. The Morgan fingerprint density at radius 1 is 1.17 bits per heavy atom. The summed E-state index contributed by atoms with van der Waals surface area (Å²) >= 11 is 0. The van der Waals surface area contributed by atoms with E-state index in [9.17, 15) is 4.79 Å². The van der Waals surface area contributed by atoms with Crippen molar-refractivity contribution in [3.63, 3.8) is 0 Å². The Balaban J connectivity index is 1.78. The van der Waals surface area contributed by atoms with Crippen LogP contribution in [0.4, 0.5) is 5.69 Å². The highest BCUT2D eigenvalue weighted by Crippen LogP contribution is 2.49. The summed E-state index contributed by atoms with van der Waals surface area (Å²) < 4.78 is 6.17. The van der Waals surface area contributed by atoms with E-state index in [-0.39, 0.29) is 24.0 Å². The van der Waals surface area contributed by atoms with Crippen molar-refractivity contribution in [3.05, 3.63) is 48.3 Å². The summed E-state index contributed by atoms with van der Waals surface area (Å²) in [6.07, 6.45) is 5.57. The van der Waals surface area contributed by atoms with Gasteiger partial charge in [-0.3, -0.25) is 4.79 Å². The first kappa shape index (κ1) is 15.1. The third kappa shape index (κ3) is 2.54. The van der Waals surface area contributed by atoms with Crippen LogP contribution >= 0.6 is 0 Å². The smallest absolute Gasteiger partial charge is 0.316 e. The molecule has 0 N–H and O–H groups in total. The van der Waals surface area contributed by atoms with Gasteiger partial charge in [0.2, 0.25) is 5.91 Å². The lowest BCUT2D eigenvalue weighted by Crippen LogP contribution is -2.50. The normalized spacial score (nSPS) is 25.9. The number of fused-ring (bicyclic) bond motifs is 1. The van der Waals surface area contributed by atoms with E-state index in [2.05, 4.69) is 16.9 Å². The van der Waals surface area contributed by atoms with E-state index < -0.39 is 0 Å². The van der Waals surface area contributed by atoms with Crippen LogP contribution in [0.3, 0.4) is 0 Å². The van der Waals surface area contributed by atoms with Crippen LogP contribution in [0.5, 0.6) is 6.01 Å². The van der Waals surface area contributed by atoms with Gasteiger partial charge in [-0.15, -0.1) is 0 Å². The standard InChI is InChI=1S/C19H21N3O2/c1-12-17(14-8-9-14)22(13(2)23)16-7-4-3-6-15(16)18(12)24-19-20-10-5-11-21-19/h3-7,10-12,14,17-18H,8-9H2,1-2H3/t12-,17+,18+/m0/s1. The number of para-hydroxylation sites is 1. The molecule has 1 amide bonds. The van der Waals surface area contributed by atoms with E-state index in [4.69, 9.17) is 4.74 Å². The molecule has 2 aromatic rings. The Kier molecular flexibility index (Phi) is 3.71. The molecule has 5 nitrogen and oxygen atoms in total. The molecule has 0 spiro atoms. The lowest BCUT2D eigenvalue weighted by Gasteiger charge is -2.44. The number of nitrogens with zero attached hydrogens (tertiary/aromatic N) is 3. The monoisotopic (exact) mass is 323 g/mol. The molecule has 0 unspecified atom stereocenters. The number of carbonyl (C=O) groups is 1. The minimum atomic E-state index is -0.148. The van der Waals surface area contributed by atoms with Crippen LogP contribution in [0.15, 0.2) is 42.7 Å². The molecule has 0 bridgehead atoms. The van der Waals surface area contributed by atoms with Gasteiger partial charge >= 0.3 is 6.01 Å². The molecule has 5 heteroatoms. The molecule has 24 heavy (non-hydrogen) atoms. The number of benzene rings is 1. The van der Waals surface area contributed by atoms with Gasteiger partial charge in [0, 0.05) is 36.8 Å². The van der Waals surface area contributed by atoms with Crippen molar-refractivity contribution in [1.82, 2.24) is 9.97 Å². The van der Waals surface area contributed by atoms with Crippen LogP contribution in [-0.4, -0.2) is 21.9 Å². The molecule has 4 rings (SSSR count). The molecule has 0 radical (unpaired) electrons. The lowest BCUT2D eigenvalue weighted by atomic mass is 9.81. The zero-order chi connectivity index (χ0) is 16.7. The van der Waals surface area contributed by atoms with Gasteiger partial charge in [0.05, 0.1) is 5.69 Å². The maximum atomic E-state index is 12.4. The van der Waals surface area contributed by atoms with Crippen molar-refractivity contribution in [3.8, 4) is 6.01 Å². The van der Waals surface area contributed by atoms with Crippen molar-refractivity contribution >= 4 is 11.6 Å². The largest absolute Gasteiger partial charge is 0.455 e. The zero-order valence-electron chi connectivity index (χ0n) is 13.9. The second-order valence-electron chi connectivity index (χ2n) is 6.70. The molecule has 3 atom stereocenters. The van der Waals surface area contributed by atoms with Crippen molar-refractivity contribution < 1.29 is 9.53 Å². The van der Waals surface area contributed by atoms with Crippen LogP contribution in [0.1, 0.15) is 38.4 Å².